The van der Waals surface area contributed by atoms with Gasteiger partial charge in [0, 0.05) is 49.4 Å². The molecule has 0 atom stereocenters. The van der Waals surface area contributed by atoms with Gasteiger partial charge in [0.25, 0.3) is 0 Å². The number of rotatable bonds is 6. The second-order valence-corrected chi connectivity index (χ2v) is 11.7. The minimum absolute atomic E-state index is 0.554. The molecule has 0 unspecified atom stereocenters. The van der Waals surface area contributed by atoms with Gasteiger partial charge in [-0.2, -0.15) is 5.11 Å². The predicted octanol–water partition coefficient (Wildman–Crippen LogP) is 11.2. The molecular formula is C38H27N5S. The van der Waals surface area contributed by atoms with E-state index in [0.29, 0.717) is 5.70 Å². The zero-order chi connectivity index (χ0) is 29.5. The van der Waals surface area contributed by atoms with Crippen LogP contribution in [0.15, 0.2) is 167 Å². The molecule has 6 aromatic carbocycles. The first-order valence-electron chi connectivity index (χ1n) is 14.5. The molecule has 0 saturated carbocycles. The third kappa shape index (κ3) is 4.44. The molecule has 0 bridgehead atoms. The number of nitrogens with one attached hydrogen (secondary N) is 2. The van der Waals surface area contributed by atoms with E-state index >= 15 is 0 Å². The first-order chi connectivity index (χ1) is 21.8. The smallest absolute Gasteiger partial charge is 0.108 e. The Balaban J connectivity index is 1.06. The van der Waals surface area contributed by atoms with Gasteiger partial charge >= 0.3 is 0 Å². The van der Waals surface area contributed by atoms with E-state index in [9.17, 15) is 0 Å². The summed E-state index contributed by atoms with van der Waals surface area (Å²) >= 11 is 1.81. The quantitative estimate of drug-likeness (QED) is 0.191. The highest BCUT2D eigenvalue weighted by atomic mass is 32.2. The molecule has 8 rings (SSSR count). The highest BCUT2D eigenvalue weighted by Gasteiger charge is 2.24. The van der Waals surface area contributed by atoms with E-state index in [-0.39, 0.29) is 0 Å². The minimum Gasteiger partial charge on any atom is -0.360 e. The van der Waals surface area contributed by atoms with Crippen LogP contribution in [0.2, 0.25) is 0 Å². The van der Waals surface area contributed by atoms with E-state index in [1.54, 1.807) is 18.0 Å². The lowest BCUT2D eigenvalue weighted by Crippen LogP contribution is -2.14. The van der Waals surface area contributed by atoms with Crippen LogP contribution in [0.3, 0.4) is 0 Å². The van der Waals surface area contributed by atoms with Gasteiger partial charge in [-0.1, -0.05) is 84.6 Å². The summed E-state index contributed by atoms with van der Waals surface area (Å²) in [7, 11) is 0. The summed E-state index contributed by atoms with van der Waals surface area (Å²) in [5, 5.41) is 9.65. The molecule has 0 fully saturated rings. The summed E-state index contributed by atoms with van der Waals surface area (Å²) in [6.45, 7) is 0. The summed E-state index contributed by atoms with van der Waals surface area (Å²) in [4.78, 5) is 4.79. The molecule has 44 heavy (non-hydrogen) atoms. The highest BCUT2D eigenvalue weighted by molar-refractivity contribution is 7.99. The van der Waals surface area contributed by atoms with E-state index in [0.717, 1.165) is 22.6 Å². The fourth-order valence-electron chi connectivity index (χ4n) is 6.00. The van der Waals surface area contributed by atoms with Gasteiger partial charge in [0.1, 0.15) is 5.70 Å². The molecule has 2 heterocycles. The lowest BCUT2D eigenvalue weighted by atomic mass is 10.1. The SMILES string of the molecule is N=N/C(=C\Nc1ccc(N2c3ccccc3Sc3ccccc32)cc1)c1ccc(-n2c3ccccc3c3ccccc32)cc1. The highest BCUT2D eigenvalue weighted by Crippen LogP contribution is 2.51. The van der Waals surface area contributed by atoms with Gasteiger partial charge in [-0.25, -0.2) is 5.53 Å². The number of anilines is 4. The van der Waals surface area contributed by atoms with Crippen LogP contribution in [0, 0.1) is 5.53 Å². The maximum atomic E-state index is 7.88. The summed E-state index contributed by atoms with van der Waals surface area (Å²) in [5.74, 6) is 0. The van der Waals surface area contributed by atoms with Crippen molar-refractivity contribution in [2.45, 2.75) is 9.79 Å². The van der Waals surface area contributed by atoms with Gasteiger partial charge in [0.05, 0.1) is 22.4 Å². The lowest BCUT2D eigenvalue weighted by molar-refractivity contribution is 1.14. The Labute approximate surface area is 259 Å². The van der Waals surface area contributed by atoms with Gasteiger partial charge in [-0.15, -0.1) is 0 Å². The summed E-state index contributed by atoms with van der Waals surface area (Å²) in [6.07, 6.45) is 1.79. The van der Waals surface area contributed by atoms with Crippen molar-refractivity contribution in [3.8, 4) is 5.69 Å². The third-order valence-corrected chi connectivity index (χ3v) is 9.19. The Morgan fingerprint density at radius 2 is 1.11 bits per heavy atom. The summed E-state index contributed by atoms with van der Waals surface area (Å²) in [5.41, 5.74) is 17.1. The molecule has 5 nitrogen and oxygen atoms in total. The zero-order valence-corrected chi connectivity index (χ0v) is 24.5. The van der Waals surface area contributed by atoms with Crippen molar-refractivity contribution in [2.24, 2.45) is 5.11 Å². The molecule has 2 N–H and O–H groups in total. The van der Waals surface area contributed by atoms with E-state index in [1.807, 2.05) is 12.1 Å². The molecule has 7 aromatic rings. The molecule has 0 spiro atoms. The van der Waals surface area contributed by atoms with Crippen LogP contribution in [0.5, 0.6) is 0 Å². The second kappa shape index (κ2) is 10.9. The third-order valence-electron chi connectivity index (χ3n) is 8.06. The van der Waals surface area contributed by atoms with Crippen LogP contribution in [-0.2, 0) is 0 Å². The van der Waals surface area contributed by atoms with Crippen LogP contribution < -0.4 is 10.2 Å². The van der Waals surface area contributed by atoms with Crippen molar-refractivity contribution >= 4 is 62.0 Å². The molecule has 0 saturated heterocycles. The van der Waals surface area contributed by atoms with Crippen molar-refractivity contribution in [1.29, 1.82) is 5.53 Å². The van der Waals surface area contributed by atoms with E-state index in [2.05, 4.69) is 153 Å². The molecular weight excluding hydrogens is 559 g/mol. The van der Waals surface area contributed by atoms with Crippen molar-refractivity contribution < 1.29 is 0 Å². The number of para-hydroxylation sites is 4. The Morgan fingerprint density at radius 1 is 0.591 bits per heavy atom. The van der Waals surface area contributed by atoms with Crippen LogP contribution in [-0.4, -0.2) is 4.57 Å². The van der Waals surface area contributed by atoms with Crippen LogP contribution in [0.4, 0.5) is 22.7 Å². The number of hydrogen-bond donors (Lipinski definition) is 2. The van der Waals surface area contributed by atoms with Crippen molar-refractivity contribution in [3.63, 3.8) is 0 Å². The van der Waals surface area contributed by atoms with Crippen molar-refractivity contribution in [2.75, 3.05) is 10.2 Å². The van der Waals surface area contributed by atoms with Gasteiger partial charge in [0.15, 0.2) is 0 Å². The first-order valence-corrected chi connectivity index (χ1v) is 15.3. The Kier molecular flexibility index (Phi) is 6.47. The fourth-order valence-corrected chi connectivity index (χ4v) is 7.06. The average molecular weight is 586 g/mol. The molecule has 6 heteroatoms. The van der Waals surface area contributed by atoms with E-state index in [4.69, 9.17) is 5.53 Å². The van der Waals surface area contributed by atoms with E-state index < -0.39 is 0 Å². The monoisotopic (exact) mass is 585 g/mol. The number of benzene rings is 6. The maximum Gasteiger partial charge on any atom is 0.108 e. The van der Waals surface area contributed by atoms with E-state index in [1.165, 1.54) is 43.0 Å². The number of aromatic nitrogens is 1. The van der Waals surface area contributed by atoms with Crippen molar-refractivity contribution in [1.82, 2.24) is 4.57 Å². The molecule has 0 aliphatic carbocycles. The molecule has 1 aromatic heterocycles. The Morgan fingerprint density at radius 3 is 1.70 bits per heavy atom. The van der Waals surface area contributed by atoms with Crippen LogP contribution in [0.25, 0.3) is 33.2 Å². The van der Waals surface area contributed by atoms with Gasteiger partial charge in [-0.3, -0.25) is 0 Å². The molecule has 0 radical (unpaired) electrons. The Bertz CT molecular complexity index is 2100. The fraction of sp³-hybridized carbons (Fsp3) is 0. The van der Waals surface area contributed by atoms with Crippen molar-refractivity contribution in [3.05, 3.63) is 157 Å². The standard InChI is InChI=1S/C38H27N5S/c39-41-32(26-17-21-28(22-18-26)42-33-11-3-1-9-30(33)31-10-2-4-12-34(31)42)25-40-27-19-23-29(24-20-27)43-35-13-5-7-15-37(35)44-38-16-8-6-14-36(38)43/h1-25,39-40H/b32-25-,41-39?. The van der Waals surface area contributed by atoms with Crippen LogP contribution in [0.1, 0.15) is 5.56 Å². The van der Waals surface area contributed by atoms with Gasteiger partial charge in [-0.05, 0) is 72.8 Å². The van der Waals surface area contributed by atoms with Gasteiger partial charge < -0.3 is 14.8 Å². The number of fused-ring (bicyclic) bond motifs is 5. The Hall–Kier alpha value is -5.59. The largest absolute Gasteiger partial charge is 0.360 e. The normalized spacial score (nSPS) is 12.6. The topological polar surface area (TPSA) is 56.4 Å². The molecule has 0 amide bonds. The maximum absolute atomic E-state index is 7.88. The molecule has 210 valence electrons. The van der Waals surface area contributed by atoms with Gasteiger partial charge in [0.2, 0.25) is 0 Å². The predicted molar refractivity (Wildman–Crippen MR) is 183 cm³/mol. The second-order valence-electron chi connectivity index (χ2n) is 10.6. The zero-order valence-electron chi connectivity index (χ0n) is 23.7. The molecule has 1 aliphatic rings. The lowest BCUT2D eigenvalue weighted by Gasteiger charge is -2.32. The summed E-state index contributed by atoms with van der Waals surface area (Å²) < 4.78 is 2.29. The minimum atomic E-state index is 0.554. The average Bonchev–Trinajstić information content (AvgIpc) is 3.42. The summed E-state index contributed by atoms with van der Waals surface area (Å²) in [6, 6.07) is 50.6. The molecule has 1 aliphatic heterocycles. The van der Waals surface area contributed by atoms with Crippen LogP contribution >= 0.6 is 11.8 Å². The number of hydrogen-bond acceptors (Lipinski definition) is 5. The first kappa shape index (κ1) is 26.1. The number of nitrogens with zero attached hydrogens (tertiary/aromatic N) is 3.